The molecule has 0 aliphatic rings. The number of aryl methyl sites for hydroxylation is 2. The van der Waals surface area contributed by atoms with E-state index in [-0.39, 0.29) is 0 Å². The maximum Gasteiger partial charge on any atom is 0.114 e. The Morgan fingerprint density at radius 3 is 2.71 bits per heavy atom. The van der Waals surface area contributed by atoms with Gasteiger partial charge in [0.25, 0.3) is 0 Å². The Kier molecular flexibility index (Phi) is 2.04. The quantitative estimate of drug-likeness (QED) is 0.681. The zero-order chi connectivity index (χ0) is 10.1. The van der Waals surface area contributed by atoms with Gasteiger partial charge in [0.1, 0.15) is 5.69 Å². The van der Waals surface area contributed by atoms with Crippen LogP contribution in [-0.2, 0) is 7.05 Å². The van der Waals surface area contributed by atoms with Crippen LogP contribution in [0.5, 0.6) is 0 Å². The van der Waals surface area contributed by atoms with Crippen LogP contribution in [0.3, 0.4) is 0 Å². The molecule has 0 aliphatic heterocycles. The summed E-state index contributed by atoms with van der Waals surface area (Å²) in [6, 6.07) is 1.94. The Labute approximate surface area is 82.6 Å². The molecule has 0 fully saturated rings. The predicted molar refractivity (Wildman–Crippen MR) is 53.7 cm³/mol. The Balaban J connectivity index is 2.63. The van der Waals surface area contributed by atoms with Gasteiger partial charge >= 0.3 is 0 Å². The van der Waals surface area contributed by atoms with E-state index in [1.54, 1.807) is 17.1 Å². The van der Waals surface area contributed by atoms with E-state index in [9.17, 15) is 0 Å². The smallest absolute Gasteiger partial charge is 0.114 e. The third-order valence-corrected chi connectivity index (χ3v) is 2.42. The minimum absolute atomic E-state index is 0.907. The van der Waals surface area contributed by atoms with Crippen molar-refractivity contribution in [2.75, 3.05) is 0 Å². The van der Waals surface area contributed by atoms with Gasteiger partial charge in [0.15, 0.2) is 0 Å². The molecule has 0 aliphatic carbocycles. The number of nitrogens with zero attached hydrogens (tertiary/aromatic N) is 4. The lowest BCUT2D eigenvalue weighted by atomic mass is 10.1. The van der Waals surface area contributed by atoms with Crippen molar-refractivity contribution in [2.24, 2.45) is 7.05 Å². The highest BCUT2D eigenvalue weighted by atomic mass is 15.3. The number of hydrogen-bond donors (Lipinski definition) is 0. The van der Waals surface area contributed by atoms with Crippen LogP contribution in [0, 0.1) is 13.8 Å². The van der Waals surface area contributed by atoms with Crippen LogP contribution in [0.4, 0.5) is 0 Å². The average molecular weight is 188 g/mol. The maximum atomic E-state index is 4.13. The van der Waals surface area contributed by atoms with Crippen molar-refractivity contribution >= 4 is 0 Å². The zero-order valence-electron chi connectivity index (χ0n) is 8.52. The van der Waals surface area contributed by atoms with E-state index in [0.29, 0.717) is 0 Å². The Bertz CT molecular complexity index is 459. The highest BCUT2D eigenvalue weighted by molar-refractivity contribution is 5.59. The van der Waals surface area contributed by atoms with Crippen molar-refractivity contribution in [3.8, 4) is 11.4 Å². The van der Waals surface area contributed by atoms with Gasteiger partial charge in [-0.1, -0.05) is 0 Å². The first-order valence-corrected chi connectivity index (χ1v) is 4.47. The molecule has 0 saturated heterocycles. The fourth-order valence-electron chi connectivity index (χ4n) is 1.38. The van der Waals surface area contributed by atoms with Crippen molar-refractivity contribution in [3.63, 3.8) is 0 Å². The van der Waals surface area contributed by atoms with Crippen molar-refractivity contribution in [3.05, 3.63) is 29.6 Å². The van der Waals surface area contributed by atoms with Crippen LogP contribution in [0.25, 0.3) is 11.4 Å². The highest BCUT2D eigenvalue weighted by Gasteiger charge is 2.09. The summed E-state index contributed by atoms with van der Waals surface area (Å²) in [7, 11) is 1.90. The first kappa shape index (κ1) is 8.87. The van der Waals surface area contributed by atoms with Gasteiger partial charge in [-0.05, 0) is 31.0 Å². The molecule has 2 aromatic heterocycles. The Hall–Kier alpha value is -1.71. The second-order valence-corrected chi connectivity index (χ2v) is 3.34. The van der Waals surface area contributed by atoms with Crippen LogP contribution in [0.1, 0.15) is 11.1 Å². The zero-order valence-corrected chi connectivity index (χ0v) is 8.52. The molecule has 72 valence electrons. The van der Waals surface area contributed by atoms with Crippen molar-refractivity contribution < 1.29 is 0 Å². The average Bonchev–Trinajstić information content (AvgIpc) is 2.57. The number of aromatic nitrogens is 4. The van der Waals surface area contributed by atoms with Gasteiger partial charge in [-0.25, -0.2) is 0 Å². The lowest BCUT2D eigenvalue weighted by Crippen LogP contribution is -2.00. The maximum absolute atomic E-state index is 4.13. The second-order valence-electron chi connectivity index (χ2n) is 3.34. The first-order valence-electron chi connectivity index (χ1n) is 4.47. The van der Waals surface area contributed by atoms with Gasteiger partial charge in [-0.15, -0.1) is 5.10 Å². The monoisotopic (exact) mass is 188 g/mol. The molecule has 2 aromatic rings. The van der Waals surface area contributed by atoms with Crippen LogP contribution in [0.15, 0.2) is 18.5 Å². The molecule has 2 rings (SSSR count). The predicted octanol–water partition coefficient (Wildman–Crippen LogP) is 1.49. The summed E-state index contributed by atoms with van der Waals surface area (Å²) < 4.78 is 1.80. The summed E-state index contributed by atoms with van der Waals surface area (Å²) in [6.45, 7) is 4.08. The minimum atomic E-state index is 0.907. The van der Waals surface area contributed by atoms with Gasteiger partial charge < -0.3 is 0 Å². The van der Waals surface area contributed by atoms with Gasteiger partial charge in [0.2, 0.25) is 0 Å². The normalized spacial score (nSPS) is 10.5. The highest BCUT2D eigenvalue weighted by Crippen LogP contribution is 2.20. The lowest BCUT2D eigenvalue weighted by molar-refractivity contribution is 0.769. The number of hydrogen-bond acceptors (Lipinski definition) is 3. The topological polar surface area (TPSA) is 43.6 Å². The Morgan fingerprint density at radius 2 is 2.07 bits per heavy atom. The van der Waals surface area contributed by atoms with Gasteiger partial charge in [0, 0.05) is 13.2 Å². The van der Waals surface area contributed by atoms with E-state index in [4.69, 9.17) is 0 Å². The largest absolute Gasteiger partial charge is 0.266 e. The summed E-state index contributed by atoms with van der Waals surface area (Å²) in [4.78, 5) is 0. The summed E-state index contributed by atoms with van der Waals surface area (Å²) in [5, 5.41) is 12.2. The fraction of sp³-hybridized carbons (Fsp3) is 0.300. The number of rotatable bonds is 1. The van der Waals surface area contributed by atoms with Gasteiger partial charge in [0.05, 0.1) is 11.9 Å². The molecule has 0 unspecified atom stereocenters. The third-order valence-electron chi connectivity index (χ3n) is 2.42. The van der Waals surface area contributed by atoms with Crippen LogP contribution in [0.2, 0.25) is 0 Å². The molecule has 0 bridgehead atoms. The first-order chi connectivity index (χ1) is 6.70. The van der Waals surface area contributed by atoms with E-state index < -0.39 is 0 Å². The van der Waals surface area contributed by atoms with E-state index >= 15 is 0 Å². The molecule has 4 heteroatoms. The molecule has 0 amide bonds. The van der Waals surface area contributed by atoms with E-state index in [1.165, 1.54) is 0 Å². The SMILES string of the molecule is Cc1cnnc(-c2ccnn2C)c1C. The molecule has 2 heterocycles. The van der Waals surface area contributed by atoms with Crippen LogP contribution < -0.4 is 0 Å². The minimum Gasteiger partial charge on any atom is -0.266 e. The molecular formula is C10H12N4. The van der Waals surface area contributed by atoms with Gasteiger partial charge in [-0.3, -0.25) is 4.68 Å². The summed E-state index contributed by atoms with van der Waals surface area (Å²) in [6.07, 6.45) is 3.54. The molecule has 0 saturated carbocycles. The van der Waals surface area contributed by atoms with Crippen LogP contribution >= 0.6 is 0 Å². The third kappa shape index (κ3) is 1.28. The summed E-state index contributed by atoms with van der Waals surface area (Å²) in [5.74, 6) is 0. The molecule has 0 N–H and O–H groups in total. The van der Waals surface area contributed by atoms with Gasteiger partial charge in [-0.2, -0.15) is 10.2 Å². The summed E-state index contributed by atoms with van der Waals surface area (Å²) >= 11 is 0. The molecule has 0 spiro atoms. The van der Waals surface area contributed by atoms with Crippen molar-refractivity contribution in [1.29, 1.82) is 0 Å². The molecule has 0 aromatic carbocycles. The van der Waals surface area contributed by atoms with E-state index in [2.05, 4.69) is 15.3 Å². The van der Waals surface area contributed by atoms with E-state index in [1.807, 2.05) is 27.0 Å². The molecule has 0 atom stereocenters. The second kappa shape index (κ2) is 3.21. The molecule has 14 heavy (non-hydrogen) atoms. The lowest BCUT2D eigenvalue weighted by Gasteiger charge is -2.05. The fourth-order valence-corrected chi connectivity index (χ4v) is 1.38. The molecular weight excluding hydrogens is 176 g/mol. The summed E-state index contributed by atoms with van der Waals surface area (Å²) in [5.41, 5.74) is 4.21. The molecule has 4 nitrogen and oxygen atoms in total. The van der Waals surface area contributed by atoms with Crippen molar-refractivity contribution in [2.45, 2.75) is 13.8 Å². The molecule has 0 radical (unpaired) electrons. The van der Waals surface area contributed by atoms with E-state index in [0.717, 1.165) is 22.5 Å². The Morgan fingerprint density at radius 1 is 1.29 bits per heavy atom. The standard InChI is InChI=1S/C10H12N4/c1-7-6-11-13-10(8(7)2)9-4-5-12-14(9)3/h4-6H,1-3H3. The van der Waals surface area contributed by atoms with Crippen LogP contribution in [-0.4, -0.2) is 20.0 Å². The van der Waals surface area contributed by atoms with Crippen molar-refractivity contribution in [1.82, 2.24) is 20.0 Å².